The van der Waals surface area contributed by atoms with Gasteiger partial charge in [0.25, 0.3) is 0 Å². The van der Waals surface area contributed by atoms with Crippen LogP contribution in [0.25, 0.3) is 11.3 Å². The first-order valence-corrected chi connectivity index (χ1v) is 11.9. The molecule has 37 heavy (non-hydrogen) atoms. The normalized spacial score (nSPS) is 17.1. The Balaban J connectivity index is 1.48. The summed E-state index contributed by atoms with van der Waals surface area (Å²) in [6.45, 7) is 5.56. The summed E-state index contributed by atoms with van der Waals surface area (Å²) in [6.07, 6.45) is 7.88. The monoisotopic (exact) mass is 506 g/mol. The topological polar surface area (TPSA) is 151 Å². The van der Waals surface area contributed by atoms with Gasteiger partial charge in [-0.15, -0.1) is 0 Å². The minimum Gasteiger partial charge on any atom is -0.494 e. The summed E-state index contributed by atoms with van der Waals surface area (Å²) in [6, 6.07) is 3.74. The molecule has 1 aliphatic rings. The SMILES string of the molecule is COc1cncc(O[C@@H]2CC[C@@H](N(C)C(=O)OC(C)(C)C)C2)c1-c1cc(Nc2cnc(C#N)cn2)n[nH]1. The van der Waals surface area contributed by atoms with E-state index in [1.54, 1.807) is 37.5 Å². The third-order valence-electron chi connectivity index (χ3n) is 5.85. The number of hydrogen-bond donors (Lipinski definition) is 2. The summed E-state index contributed by atoms with van der Waals surface area (Å²) in [5.41, 5.74) is 1.00. The van der Waals surface area contributed by atoms with E-state index < -0.39 is 5.60 Å². The van der Waals surface area contributed by atoms with Crippen LogP contribution in [0.15, 0.2) is 30.9 Å². The summed E-state index contributed by atoms with van der Waals surface area (Å²) in [4.78, 5) is 26.6. The highest BCUT2D eigenvalue weighted by molar-refractivity contribution is 5.75. The molecule has 2 atom stereocenters. The number of aromatic nitrogens is 5. The molecule has 0 saturated heterocycles. The summed E-state index contributed by atoms with van der Waals surface area (Å²) >= 11 is 0. The number of amides is 1. The van der Waals surface area contributed by atoms with Crippen LogP contribution in [0, 0.1) is 11.3 Å². The van der Waals surface area contributed by atoms with Gasteiger partial charge in [0, 0.05) is 25.6 Å². The maximum Gasteiger partial charge on any atom is 0.410 e. The number of H-pyrrole nitrogens is 1. The predicted molar refractivity (Wildman–Crippen MR) is 134 cm³/mol. The molecule has 1 fully saturated rings. The van der Waals surface area contributed by atoms with Crippen molar-refractivity contribution in [3.8, 4) is 28.8 Å². The minimum absolute atomic E-state index is 0.0124. The van der Waals surface area contributed by atoms with Crippen LogP contribution in [0.3, 0.4) is 0 Å². The first-order chi connectivity index (χ1) is 17.7. The van der Waals surface area contributed by atoms with E-state index in [0.29, 0.717) is 40.8 Å². The number of carbonyl (C=O) groups is 1. The molecule has 3 heterocycles. The van der Waals surface area contributed by atoms with Gasteiger partial charge in [0.2, 0.25) is 0 Å². The van der Waals surface area contributed by atoms with Gasteiger partial charge in [-0.25, -0.2) is 14.8 Å². The van der Waals surface area contributed by atoms with E-state index in [4.69, 9.17) is 19.5 Å². The maximum atomic E-state index is 12.5. The lowest BCUT2D eigenvalue weighted by molar-refractivity contribution is 0.0219. The van der Waals surface area contributed by atoms with Gasteiger partial charge >= 0.3 is 6.09 Å². The summed E-state index contributed by atoms with van der Waals surface area (Å²) < 4.78 is 17.4. The first-order valence-electron chi connectivity index (χ1n) is 11.9. The number of aromatic amines is 1. The molecule has 12 heteroatoms. The molecule has 12 nitrogen and oxygen atoms in total. The highest BCUT2D eigenvalue weighted by atomic mass is 16.6. The average Bonchev–Trinajstić information content (AvgIpc) is 3.52. The Morgan fingerprint density at radius 2 is 1.95 bits per heavy atom. The zero-order valence-corrected chi connectivity index (χ0v) is 21.5. The Hall–Kier alpha value is -4.40. The maximum absolute atomic E-state index is 12.5. The number of nitrogens with one attached hydrogen (secondary N) is 2. The van der Waals surface area contributed by atoms with E-state index >= 15 is 0 Å². The van der Waals surface area contributed by atoms with Gasteiger partial charge in [0.1, 0.15) is 29.3 Å². The van der Waals surface area contributed by atoms with E-state index in [1.807, 2.05) is 26.8 Å². The molecule has 0 spiro atoms. The molecule has 4 rings (SSSR count). The number of ether oxygens (including phenoxy) is 3. The van der Waals surface area contributed by atoms with Crippen LogP contribution in [0.4, 0.5) is 16.4 Å². The summed E-state index contributed by atoms with van der Waals surface area (Å²) in [7, 11) is 3.32. The molecule has 0 aliphatic heterocycles. The Morgan fingerprint density at radius 1 is 1.16 bits per heavy atom. The highest BCUT2D eigenvalue weighted by Gasteiger charge is 2.34. The molecule has 3 aromatic heterocycles. The molecule has 0 aromatic carbocycles. The molecule has 194 valence electrons. The smallest absolute Gasteiger partial charge is 0.410 e. The van der Waals surface area contributed by atoms with E-state index in [-0.39, 0.29) is 23.9 Å². The van der Waals surface area contributed by atoms with Gasteiger partial charge in [0.05, 0.1) is 43.2 Å². The molecule has 1 aliphatic carbocycles. The van der Waals surface area contributed by atoms with Crippen molar-refractivity contribution < 1.29 is 19.0 Å². The van der Waals surface area contributed by atoms with Crippen LogP contribution >= 0.6 is 0 Å². The summed E-state index contributed by atoms with van der Waals surface area (Å²) in [5.74, 6) is 2.00. The number of nitrogens with zero attached hydrogens (tertiary/aromatic N) is 6. The Morgan fingerprint density at radius 3 is 2.62 bits per heavy atom. The second-order valence-corrected chi connectivity index (χ2v) is 9.70. The fourth-order valence-corrected chi connectivity index (χ4v) is 4.07. The van der Waals surface area contributed by atoms with Gasteiger partial charge in [0.15, 0.2) is 17.3 Å². The lowest BCUT2D eigenvalue weighted by Gasteiger charge is -2.28. The Labute approximate surface area is 215 Å². The number of methoxy groups -OCH3 is 1. The zero-order chi connectivity index (χ0) is 26.6. The van der Waals surface area contributed by atoms with Crippen molar-refractivity contribution in [2.45, 2.75) is 57.8 Å². The second-order valence-electron chi connectivity index (χ2n) is 9.70. The Bertz CT molecular complexity index is 1280. The molecule has 3 aromatic rings. The number of pyridine rings is 1. The molecule has 0 radical (unpaired) electrons. The van der Waals surface area contributed by atoms with E-state index in [9.17, 15) is 4.79 Å². The molecule has 1 amide bonds. The largest absolute Gasteiger partial charge is 0.494 e. The van der Waals surface area contributed by atoms with Crippen molar-refractivity contribution in [3.05, 3.63) is 36.5 Å². The van der Waals surface area contributed by atoms with Crippen molar-refractivity contribution in [2.75, 3.05) is 19.5 Å². The van der Waals surface area contributed by atoms with Gasteiger partial charge in [-0.05, 0) is 33.6 Å². The first kappa shape index (κ1) is 25.7. The van der Waals surface area contributed by atoms with Crippen molar-refractivity contribution >= 4 is 17.7 Å². The number of nitriles is 1. The van der Waals surface area contributed by atoms with Gasteiger partial charge in [-0.1, -0.05) is 0 Å². The zero-order valence-electron chi connectivity index (χ0n) is 21.5. The second kappa shape index (κ2) is 10.7. The lowest BCUT2D eigenvalue weighted by atomic mass is 10.1. The number of anilines is 2. The van der Waals surface area contributed by atoms with Crippen LogP contribution in [-0.2, 0) is 4.74 Å². The van der Waals surface area contributed by atoms with E-state index in [1.165, 1.54) is 12.4 Å². The molecule has 2 N–H and O–H groups in total. The van der Waals surface area contributed by atoms with Gasteiger partial charge in [-0.2, -0.15) is 10.4 Å². The number of rotatable bonds is 7. The van der Waals surface area contributed by atoms with E-state index in [2.05, 4.69) is 30.5 Å². The molecule has 0 unspecified atom stereocenters. The quantitative estimate of drug-likeness (QED) is 0.480. The Kier molecular flexibility index (Phi) is 7.42. The van der Waals surface area contributed by atoms with E-state index in [0.717, 1.165) is 12.8 Å². The van der Waals surface area contributed by atoms with Crippen LogP contribution in [0.1, 0.15) is 45.7 Å². The molecule has 0 bridgehead atoms. The molecular formula is C25H30N8O4. The minimum atomic E-state index is -0.550. The fraction of sp³-hybridized carbons (Fsp3) is 0.440. The highest BCUT2D eigenvalue weighted by Crippen LogP contribution is 2.39. The van der Waals surface area contributed by atoms with Crippen LogP contribution in [0.5, 0.6) is 11.5 Å². The number of hydrogen-bond acceptors (Lipinski definition) is 10. The molecule has 1 saturated carbocycles. The van der Waals surface area contributed by atoms with Crippen LogP contribution in [0.2, 0.25) is 0 Å². The van der Waals surface area contributed by atoms with Crippen molar-refractivity contribution in [3.63, 3.8) is 0 Å². The van der Waals surface area contributed by atoms with Gasteiger partial charge < -0.3 is 24.4 Å². The number of carbonyl (C=O) groups excluding carboxylic acids is 1. The van der Waals surface area contributed by atoms with Gasteiger partial charge in [-0.3, -0.25) is 10.1 Å². The lowest BCUT2D eigenvalue weighted by Crippen LogP contribution is -2.40. The predicted octanol–water partition coefficient (Wildman–Crippen LogP) is 4.05. The third kappa shape index (κ3) is 6.24. The van der Waals surface area contributed by atoms with Crippen molar-refractivity contribution in [1.82, 2.24) is 30.0 Å². The summed E-state index contributed by atoms with van der Waals surface area (Å²) in [5, 5.41) is 19.2. The van der Waals surface area contributed by atoms with Crippen molar-refractivity contribution in [2.24, 2.45) is 0 Å². The van der Waals surface area contributed by atoms with Crippen LogP contribution in [-0.4, -0.2) is 68.0 Å². The fourth-order valence-electron chi connectivity index (χ4n) is 4.07. The average molecular weight is 507 g/mol. The third-order valence-corrected chi connectivity index (χ3v) is 5.85. The molecular weight excluding hydrogens is 476 g/mol. The van der Waals surface area contributed by atoms with Crippen LogP contribution < -0.4 is 14.8 Å². The van der Waals surface area contributed by atoms with Crippen molar-refractivity contribution in [1.29, 1.82) is 5.26 Å². The standard InChI is InChI=1S/C25H30N8O4/c1-25(2,3)37-24(34)33(4)16-6-7-17(8-16)36-20-13-27-12-19(35-5)23(20)18-9-21(32-31-18)30-22-14-28-15(10-26)11-29-22/h9,11-14,16-17H,6-8H2,1-5H3,(H2,29,30,31,32)/t16-,17-/m1/s1.